The highest BCUT2D eigenvalue weighted by molar-refractivity contribution is 6.31. The minimum Gasteiger partial charge on any atom is -0.350 e. The van der Waals surface area contributed by atoms with Crippen LogP contribution in [0.25, 0.3) is 10.9 Å². The number of benzene rings is 1. The van der Waals surface area contributed by atoms with Crippen molar-refractivity contribution >= 4 is 34.3 Å². The lowest BCUT2D eigenvalue weighted by molar-refractivity contribution is -0.131. The highest BCUT2D eigenvalue weighted by Crippen LogP contribution is 2.20. The second-order valence-electron chi connectivity index (χ2n) is 5.71. The van der Waals surface area contributed by atoms with Crippen LogP contribution in [0.3, 0.4) is 0 Å². The van der Waals surface area contributed by atoms with Gasteiger partial charge in [0.2, 0.25) is 5.91 Å². The third-order valence-electron chi connectivity index (χ3n) is 4.07. The highest BCUT2D eigenvalue weighted by atomic mass is 35.5. The number of rotatable bonds is 4. The number of amides is 2. The molecule has 0 bridgehead atoms. The first kappa shape index (κ1) is 15.8. The lowest BCUT2D eigenvalue weighted by atomic mass is 10.1. The molecule has 3 rings (SSSR count). The molecule has 122 valence electrons. The fourth-order valence-corrected chi connectivity index (χ4v) is 3.00. The number of halogens is 1. The number of carbonyl (C=O) groups is 2. The van der Waals surface area contributed by atoms with Gasteiger partial charge in [0, 0.05) is 36.5 Å². The van der Waals surface area contributed by atoms with Crippen LogP contribution in [0.15, 0.2) is 18.2 Å². The van der Waals surface area contributed by atoms with Crippen molar-refractivity contribution in [3.63, 3.8) is 0 Å². The number of hydrogen-bond acceptors (Lipinski definition) is 3. The first-order chi connectivity index (χ1) is 11.1. The molecule has 1 aromatic heterocycles. The van der Waals surface area contributed by atoms with E-state index in [2.05, 4.69) is 15.5 Å². The molecule has 6 nitrogen and oxygen atoms in total. The number of piperidine rings is 1. The van der Waals surface area contributed by atoms with Crippen molar-refractivity contribution in [3.05, 3.63) is 28.9 Å². The summed E-state index contributed by atoms with van der Waals surface area (Å²) in [5.74, 6) is -0.204. The van der Waals surface area contributed by atoms with Gasteiger partial charge in [0.15, 0.2) is 5.69 Å². The summed E-state index contributed by atoms with van der Waals surface area (Å²) < 4.78 is 0. The minimum absolute atomic E-state index is 0.0972. The summed E-state index contributed by atoms with van der Waals surface area (Å²) in [5.41, 5.74) is 1.05. The fourth-order valence-electron chi connectivity index (χ4n) is 2.83. The quantitative estimate of drug-likeness (QED) is 0.901. The van der Waals surface area contributed by atoms with Crippen LogP contribution in [0.5, 0.6) is 0 Å². The van der Waals surface area contributed by atoms with Crippen LogP contribution in [-0.4, -0.2) is 46.5 Å². The molecule has 0 saturated carbocycles. The molecular weight excluding hydrogens is 316 g/mol. The van der Waals surface area contributed by atoms with Gasteiger partial charge in [0.1, 0.15) is 0 Å². The van der Waals surface area contributed by atoms with Crippen LogP contribution in [0, 0.1) is 0 Å². The zero-order valence-corrected chi connectivity index (χ0v) is 13.5. The minimum atomic E-state index is -0.301. The number of likely N-dealkylation sites (tertiary alicyclic amines) is 1. The van der Waals surface area contributed by atoms with E-state index >= 15 is 0 Å². The molecule has 0 unspecified atom stereocenters. The third-order valence-corrected chi connectivity index (χ3v) is 4.31. The first-order valence-electron chi connectivity index (χ1n) is 7.85. The van der Waals surface area contributed by atoms with Crippen LogP contribution in [0.4, 0.5) is 0 Å². The van der Waals surface area contributed by atoms with Crippen LogP contribution < -0.4 is 5.32 Å². The summed E-state index contributed by atoms with van der Waals surface area (Å²) >= 11 is 5.96. The Morgan fingerprint density at radius 1 is 1.26 bits per heavy atom. The molecule has 0 aliphatic carbocycles. The number of hydrogen-bond donors (Lipinski definition) is 2. The molecular formula is C16H19ClN4O2. The number of H-pyrrole nitrogens is 1. The maximum Gasteiger partial charge on any atom is 0.272 e. The molecule has 2 aromatic rings. The van der Waals surface area contributed by atoms with Gasteiger partial charge in [0.05, 0.1) is 5.52 Å². The Hall–Kier alpha value is -2.08. The van der Waals surface area contributed by atoms with Crippen molar-refractivity contribution < 1.29 is 9.59 Å². The third kappa shape index (κ3) is 3.64. The van der Waals surface area contributed by atoms with Crippen molar-refractivity contribution in [1.82, 2.24) is 20.4 Å². The SMILES string of the molecule is O=C(NCCC(=O)N1CCCCC1)c1n[nH]c2ccc(Cl)cc12. The van der Waals surface area contributed by atoms with Crippen molar-refractivity contribution in [2.45, 2.75) is 25.7 Å². The van der Waals surface area contributed by atoms with Gasteiger partial charge >= 0.3 is 0 Å². The number of nitrogens with one attached hydrogen (secondary N) is 2. The topological polar surface area (TPSA) is 78.1 Å². The van der Waals surface area contributed by atoms with Gasteiger partial charge in [-0.25, -0.2) is 0 Å². The molecule has 0 atom stereocenters. The number of fused-ring (bicyclic) bond motifs is 1. The van der Waals surface area contributed by atoms with Crippen molar-refractivity contribution in [2.24, 2.45) is 0 Å². The van der Waals surface area contributed by atoms with Gasteiger partial charge in [-0.1, -0.05) is 11.6 Å². The summed E-state index contributed by atoms with van der Waals surface area (Å²) in [4.78, 5) is 26.2. The summed E-state index contributed by atoms with van der Waals surface area (Å²) in [6.07, 6.45) is 3.64. The average molecular weight is 335 g/mol. The van der Waals surface area contributed by atoms with Crippen LogP contribution in [0.2, 0.25) is 5.02 Å². The van der Waals surface area contributed by atoms with Gasteiger partial charge in [-0.15, -0.1) is 0 Å². The lowest BCUT2D eigenvalue weighted by Gasteiger charge is -2.26. The monoisotopic (exact) mass is 334 g/mol. The number of aromatic nitrogens is 2. The molecule has 7 heteroatoms. The Morgan fingerprint density at radius 2 is 2.04 bits per heavy atom. The smallest absolute Gasteiger partial charge is 0.272 e. The normalized spacial score (nSPS) is 14.9. The molecule has 1 saturated heterocycles. The van der Waals surface area contributed by atoms with E-state index in [-0.39, 0.29) is 11.8 Å². The van der Waals surface area contributed by atoms with Gasteiger partial charge in [-0.05, 0) is 37.5 Å². The van der Waals surface area contributed by atoms with E-state index in [1.54, 1.807) is 18.2 Å². The van der Waals surface area contributed by atoms with E-state index in [1.165, 1.54) is 6.42 Å². The lowest BCUT2D eigenvalue weighted by Crippen LogP contribution is -2.37. The Bertz CT molecular complexity index is 722. The van der Waals surface area contributed by atoms with Gasteiger partial charge in [0.25, 0.3) is 5.91 Å². The van der Waals surface area contributed by atoms with E-state index in [9.17, 15) is 9.59 Å². The largest absolute Gasteiger partial charge is 0.350 e. The van der Waals surface area contributed by atoms with E-state index in [4.69, 9.17) is 11.6 Å². The predicted molar refractivity (Wildman–Crippen MR) is 88.5 cm³/mol. The van der Waals surface area contributed by atoms with Crippen LogP contribution in [-0.2, 0) is 4.79 Å². The molecule has 0 spiro atoms. The summed E-state index contributed by atoms with van der Waals surface area (Å²) in [7, 11) is 0. The van der Waals surface area contributed by atoms with Gasteiger partial charge < -0.3 is 10.2 Å². The molecule has 1 fully saturated rings. The molecule has 0 radical (unpaired) electrons. The van der Waals surface area contributed by atoms with Gasteiger partial charge in [-0.3, -0.25) is 14.7 Å². The van der Waals surface area contributed by atoms with Crippen molar-refractivity contribution in [2.75, 3.05) is 19.6 Å². The van der Waals surface area contributed by atoms with Gasteiger partial charge in [-0.2, -0.15) is 5.10 Å². The highest BCUT2D eigenvalue weighted by Gasteiger charge is 2.18. The molecule has 1 aliphatic heterocycles. The fraction of sp³-hybridized carbons (Fsp3) is 0.438. The van der Waals surface area contributed by atoms with Crippen molar-refractivity contribution in [3.8, 4) is 0 Å². The van der Waals surface area contributed by atoms with E-state index in [1.807, 2.05) is 4.90 Å². The Balaban J connectivity index is 1.56. The summed E-state index contributed by atoms with van der Waals surface area (Å²) in [6.45, 7) is 1.97. The second kappa shape index (κ2) is 7.00. The predicted octanol–water partition coefficient (Wildman–Crippen LogP) is 2.35. The Labute approximate surface area is 139 Å². The summed E-state index contributed by atoms with van der Waals surface area (Å²) in [5, 5.41) is 10.8. The molecule has 23 heavy (non-hydrogen) atoms. The number of nitrogens with zero attached hydrogens (tertiary/aromatic N) is 2. The van der Waals surface area contributed by atoms with E-state index in [0.29, 0.717) is 29.1 Å². The van der Waals surface area contributed by atoms with E-state index in [0.717, 1.165) is 31.4 Å². The molecule has 2 N–H and O–H groups in total. The number of carbonyl (C=O) groups excluding carboxylic acids is 2. The Kier molecular flexibility index (Phi) is 4.81. The van der Waals surface area contributed by atoms with Crippen molar-refractivity contribution in [1.29, 1.82) is 0 Å². The molecule has 2 amide bonds. The van der Waals surface area contributed by atoms with Crippen LogP contribution >= 0.6 is 11.6 Å². The zero-order valence-electron chi connectivity index (χ0n) is 12.8. The standard InChI is InChI=1S/C16H19ClN4O2/c17-11-4-5-13-12(10-11)15(20-19-13)16(23)18-7-6-14(22)21-8-2-1-3-9-21/h4-5,10H,1-3,6-9H2,(H,18,23)(H,19,20). The summed E-state index contributed by atoms with van der Waals surface area (Å²) in [6, 6.07) is 5.22. The van der Waals surface area contributed by atoms with E-state index < -0.39 is 0 Å². The Morgan fingerprint density at radius 3 is 2.83 bits per heavy atom. The number of aromatic amines is 1. The first-order valence-corrected chi connectivity index (χ1v) is 8.22. The molecule has 1 aromatic carbocycles. The maximum absolute atomic E-state index is 12.2. The average Bonchev–Trinajstić information content (AvgIpc) is 2.98. The maximum atomic E-state index is 12.2. The molecule has 1 aliphatic rings. The zero-order chi connectivity index (χ0) is 16.2. The van der Waals surface area contributed by atoms with Crippen LogP contribution in [0.1, 0.15) is 36.2 Å². The second-order valence-corrected chi connectivity index (χ2v) is 6.15. The molecule has 2 heterocycles.